The minimum absolute atomic E-state index is 0.0202. The molecular weight excluding hydrogens is 320 g/mol. The zero-order valence-electron chi connectivity index (χ0n) is 9.02. The van der Waals surface area contributed by atoms with Gasteiger partial charge >= 0.3 is 5.97 Å². The molecular formula is C12H8BrClN2O2. The van der Waals surface area contributed by atoms with Gasteiger partial charge in [0.05, 0.1) is 10.7 Å². The Balaban J connectivity index is 2.28. The van der Waals surface area contributed by atoms with Crippen LogP contribution < -0.4 is 5.32 Å². The first-order valence-electron chi connectivity index (χ1n) is 4.98. The third-order valence-electron chi connectivity index (χ3n) is 2.16. The van der Waals surface area contributed by atoms with Crippen LogP contribution in [-0.2, 0) is 0 Å². The Labute approximate surface area is 117 Å². The molecule has 18 heavy (non-hydrogen) atoms. The van der Waals surface area contributed by atoms with Crippen LogP contribution in [0.3, 0.4) is 0 Å². The molecule has 0 atom stereocenters. The Kier molecular flexibility index (Phi) is 3.84. The number of nitrogens with one attached hydrogen (secondary N) is 1. The van der Waals surface area contributed by atoms with Crippen molar-refractivity contribution in [3.63, 3.8) is 0 Å². The number of nitrogens with zero attached hydrogens (tertiary/aromatic N) is 1. The van der Waals surface area contributed by atoms with Gasteiger partial charge in [-0.3, -0.25) is 0 Å². The summed E-state index contributed by atoms with van der Waals surface area (Å²) in [6, 6.07) is 10.1. The molecule has 0 fully saturated rings. The van der Waals surface area contributed by atoms with Crippen LogP contribution >= 0.6 is 27.5 Å². The molecule has 0 amide bonds. The van der Waals surface area contributed by atoms with Crippen molar-refractivity contribution in [2.24, 2.45) is 0 Å². The summed E-state index contributed by atoms with van der Waals surface area (Å²) in [5.41, 5.74) is 0.642. The van der Waals surface area contributed by atoms with Crippen molar-refractivity contribution < 1.29 is 9.90 Å². The molecule has 2 N–H and O–H groups in total. The number of carboxylic acid groups (broad SMARTS) is 1. The number of halogens is 2. The first-order chi connectivity index (χ1) is 8.56. The second kappa shape index (κ2) is 5.37. The monoisotopic (exact) mass is 326 g/mol. The van der Waals surface area contributed by atoms with E-state index in [-0.39, 0.29) is 5.69 Å². The molecule has 92 valence electrons. The Morgan fingerprint density at radius 2 is 2.11 bits per heavy atom. The van der Waals surface area contributed by atoms with Crippen LogP contribution in [0.1, 0.15) is 10.5 Å². The van der Waals surface area contributed by atoms with E-state index < -0.39 is 5.97 Å². The standard InChI is InChI=1S/C12H8BrClN2O2/c13-7-4-5-9(8(14)6-7)15-11-3-1-2-10(16-11)12(17)18/h1-6H,(H,15,16)(H,17,18). The number of carboxylic acids is 1. The number of anilines is 2. The molecule has 0 aliphatic heterocycles. The molecule has 2 rings (SSSR count). The van der Waals surface area contributed by atoms with E-state index in [1.165, 1.54) is 6.07 Å². The quantitative estimate of drug-likeness (QED) is 0.896. The Hall–Kier alpha value is -1.59. The number of hydrogen-bond acceptors (Lipinski definition) is 3. The SMILES string of the molecule is O=C(O)c1cccc(Nc2ccc(Br)cc2Cl)n1. The number of aromatic nitrogens is 1. The first-order valence-corrected chi connectivity index (χ1v) is 6.16. The molecule has 1 aromatic heterocycles. The predicted molar refractivity (Wildman–Crippen MR) is 73.6 cm³/mol. The zero-order chi connectivity index (χ0) is 13.1. The summed E-state index contributed by atoms with van der Waals surface area (Å²) in [7, 11) is 0. The van der Waals surface area contributed by atoms with Gasteiger partial charge in [0.15, 0.2) is 5.69 Å². The Morgan fingerprint density at radius 1 is 1.33 bits per heavy atom. The predicted octanol–water partition coefficient (Wildman–Crippen LogP) is 3.94. The van der Waals surface area contributed by atoms with Crippen molar-refractivity contribution in [2.75, 3.05) is 5.32 Å². The second-order valence-electron chi connectivity index (χ2n) is 3.46. The molecule has 0 saturated carbocycles. The van der Waals surface area contributed by atoms with Gasteiger partial charge in [0.25, 0.3) is 0 Å². The van der Waals surface area contributed by atoms with Gasteiger partial charge in [-0.15, -0.1) is 0 Å². The number of hydrogen-bond donors (Lipinski definition) is 2. The van der Waals surface area contributed by atoms with Gasteiger partial charge in [-0.1, -0.05) is 33.6 Å². The van der Waals surface area contributed by atoms with Gasteiger partial charge < -0.3 is 10.4 Å². The van der Waals surface area contributed by atoms with Crippen LogP contribution in [0.4, 0.5) is 11.5 Å². The largest absolute Gasteiger partial charge is 0.477 e. The zero-order valence-corrected chi connectivity index (χ0v) is 11.4. The fraction of sp³-hybridized carbons (Fsp3) is 0. The molecule has 1 aromatic carbocycles. The summed E-state index contributed by atoms with van der Waals surface area (Å²) in [5, 5.41) is 12.3. The van der Waals surface area contributed by atoms with Crippen molar-refractivity contribution in [1.82, 2.24) is 4.98 Å². The van der Waals surface area contributed by atoms with Crippen LogP contribution in [0.5, 0.6) is 0 Å². The summed E-state index contributed by atoms with van der Waals surface area (Å²) < 4.78 is 0.866. The molecule has 0 bridgehead atoms. The summed E-state index contributed by atoms with van der Waals surface area (Å²) in [5.74, 6) is -0.639. The normalized spacial score (nSPS) is 10.1. The lowest BCUT2D eigenvalue weighted by molar-refractivity contribution is 0.0690. The topological polar surface area (TPSA) is 62.2 Å². The van der Waals surface area contributed by atoms with Crippen molar-refractivity contribution in [3.8, 4) is 0 Å². The molecule has 0 aliphatic rings. The summed E-state index contributed by atoms with van der Waals surface area (Å²) in [6.45, 7) is 0. The maximum absolute atomic E-state index is 10.8. The smallest absolute Gasteiger partial charge is 0.354 e. The molecule has 6 heteroatoms. The lowest BCUT2D eigenvalue weighted by Crippen LogP contribution is -2.02. The van der Waals surface area contributed by atoms with Crippen molar-refractivity contribution >= 4 is 45.0 Å². The Bertz CT molecular complexity index is 604. The highest BCUT2D eigenvalue weighted by atomic mass is 79.9. The average molecular weight is 328 g/mol. The lowest BCUT2D eigenvalue weighted by atomic mass is 10.3. The summed E-state index contributed by atoms with van der Waals surface area (Å²) in [4.78, 5) is 14.7. The Morgan fingerprint density at radius 3 is 2.78 bits per heavy atom. The lowest BCUT2D eigenvalue weighted by Gasteiger charge is -2.08. The molecule has 0 saturated heterocycles. The number of pyridine rings is 1. The highest BCUT2D eigenvalue weighted by Crippen LogP contribution is 2.27. The molecule has 0 aliphatic carbocycles. The van der Waals surface area contributed by atoms with E-state index in [0.717, 1.165) is 4.47 Å². The van der Waals surface area contributed by atoms with E-state index in [1.54, 1.807) is 24.3 Å². The summed E-state index contributed by atoms with van der Waals surface area (Å²) in [6.07, 6.45) is 0. The molecule has 0 spiro atoms. The van der Waals surface area contributed by atoms with Gasteiger partial charge in [0.2, 0.25) is 0 Å². The van der Waals surface area contributed by atoms with Gasteiger partial charge in [0.1, 0.15) is 5.82 Å². The van der Waals surface area contributed by atoms with Gasteiger partial charge in [-0.25, -0.2) is 9.78 Å². The fourth-order valence-electron chi connectivity index (χ4n) is 1.35. The van der Waals surface area contributed by atoms with Crippen LogP contribution in [0.2, 0.25) is 5.02 Å². The molecule has 0 radical (unpaired) electrons. The number of aromatic carboxylic acids is 1. The van der Waals surface area contributed by atoms with E-state index in [4.69, 9.17) is 16.7 Å². The minimum Gasteiger partial charge on any atom is -0.477 e. The van der Waals surface area contributed by atoms with E-state index in [0.29, 0.717) is 16.5 Å². The number of benzene rings is 1. The third kappa shape index (κ3) is 3.00. The van der Waals surface area contributed by atoms with E-state index >= 15 is 0 Å². The van der Waals surface area contributed by atoms with Crippen molar-refractivity contribution in [1.29, 1.82) is 0 Å². The first kappa shape index (κ1) is 12.9. The van der Waals surface area contributed by atoms with Crippen molar-refractivity contribution in [3.05, 3.63) is 51.6 Å². The van der Waals surface area contributed by atoms with Crippen LogP contribution in [0, 0.1) is 0 Å². The molecule has 2 aromatic rings. The van der Waals surface area contributed by atoms with Gasteiger partial charge in [-0.2, -0.15) is 0 Å². The van der Waals surface area contributed by atoms with Gasteiger partial charge in [-0.05, 0) is 30.3 Å². The average Bonchev–Trinajstić information content (AvgIpc) is 2.33. The van der Waals surface area contributed by atoms with E-state index in [9.17, 15) is 4.79 Å². The molecule has 4 nitrogen and oxygen atoms in total. The second-order valence-corrected chi connectivity index (χ2v) is 4.79. The molecule has 1 heterocycles. The summed E-state index contributed by atoms with van der Waals surface area (Å²) >= 11 is 9.35. The maximum atomic E-state index is 10.8. The highest BCUT2D eigenvalue weighted by Gasteiger charge is 2.06. The van der Waals surface area contributed by atoms with Crippen LogP contribution in [0.25, 0.3) is 0 Å². The molecule has 0 unspecified atom stereocenters. The highest BCUT2D eigenvalue weighted by molar-refractivity contribution is 9.10. The maximum Gasteiger partial charge on any atom is 0.354 e. The van der Waals surface area contributed by atoms with E-state index in [1.807, 2.05) is 6.07 Å². The van der Waals surface area contributed by atoms with Crippen LogP contribution in [0.15, 0.2) is 40.9 Å². The number of rotatable bonds is 3. The fourth-order valence-corrected chi connectivity index (χ4v) is 2.07. The van der Waals surface area contributed by atoms with Crippen LogP contribution in [-0.4, -0.2) is 16.1 Å². The van der Waals surface area contributed by atoms with Gasteiger partial charge in [0, 0.05) is 4.47 Å². The minimum atomic E-state index is -1.07. The number of carbonyl (C=O) groups is 1. The van der Waals surface area contributed by atoms with E-state index in [2.05, 4.69) is 26.2 Å². The third-order valence-corrected chi connectivity index (χ3v) is 2.97. The van der Waals surface area contributed by atoms with Crippen molar-refractivity contribution in [2.45, 2.75) is 0 Å².